The summed E-state index contributed by atoms with van der Waals surface area (Å²) in [6, 6.07) is -0.570. The highest BCUT2D eigenvalue weighted by molar-refractivity contribution is 4.92. The minimum Gasteiger partial charge on any atom is -0.310 e. The molecule has 0 bridgehead atoms. The molecular formula is C5H6N2O. The second-order valence-corrected chi connectivity index (χ2v) is 1.15. The van der Waals surface area contributed by atoms with E-state index in [9.17, 15) is 4.79 Å². The third-order valence-electron chi connectivity index (χ3n) is 0.570. The van der Waals surface area contributed by atoms with Crippen LogP contribution >= 0.6 is 0 Å². The number of nitrogens with one attached hydrogen (secondary N) is 1. The van der Waals surface area contributed by atoms with Gasteiger partial charge in [-0.3, -0.25) is 0 Å². The van der Waals surface area contributed by atoms with Gasteiger partial charge in [0.1, 0.15) is 0 Å². The zero-order chi connectivity index (χ0) is 10.2. The van der Waals surface area contributed by atoms with Crippen LogP contribution in [0.3, 0.4) is 0 Å². The van der Waals surface area contributed by atoms with Gasteiger partial charge in [-0.1, -0.05) is 0 Å². The topological polar surface area (TPSA) is 45.8 Å². The van der Waals surface area contributed by atoms with Crippen LogP contribution in [0.2, 0.25) is 0 Å². The van der Waals surface area contributed by atoms with E-state index in [2.05, 4.69) is 4.98 Å². The Kier molecular flexibility index (Phi) is 0.374. The summed E-state index contributed by atoms with van der Waals surface area (Å²) in [5.41, 5.74) is -1.47. The number of aryl methyl sites for hydroxylation is 1. The van der Waals surface area contributed by atoms with Crippen LogP contribution in [0.15, 0.2) is 17.0 Å². The van der Waals surface area contributed by atoms with Gasteiger partial charge in [0.05, 0.1) is 2.74 Å². The molecule has 0 aliphatic heterocycles. The van der Waals surface area contributed by atoms with E-state index in [1.165, 1.54) is 0 Å². The summed E-state index contributed by atoms with van der Waals surface area (Å²) in [6.45, 7) is -2.59. The van der Waals surface area contributed by atoms with E-state index in [1.54, 1.807) is 0 Å². The highest BCUT2D eigenvalue weighted by Gasteiger charge is 1.80. The summed E-state index contributed by atoms with van der Waals surface area (Å²) in [7, 11) is 0. The first kappa shape index (κ1) is 1.69. The molecule has 0 saturated heterocycles. The molecule has 1 rings (SSSR count). The maximum Gasteiger partial charge on any atom is 0.345 e. The Morgan fingerprint density at radius 3 is 3.75 bits per heavy atom. The minimum absolute atomic E-state index is 0.544. The Morgan fingerprint density at radius 1 is 2.12 bits per heavy atom. The van der Waals surface area contributed by atoms with Crippen molar-refractivity contribution in [3.05, 3.63) is 28.4 Å². The number of rotatable bonds is 0. The molecule has 0 radical (unpaired) electrons. The lowest BCUT2D eigenvalue weighted by Crippen LogP contribution is -2.08. The minimum atomic E-state index is -2.59. The third-order valence-corrected chi connectivity index (χ3v) is 0.570. The van der Waals surface area contributed by atoms with Gasteiger partial charge in [-0.05, 0) is 12.9 Å². The molecule has 1 N–H and O–H groups in total. The van der Waals surface area contributed by atoms with Gasteiger partial charge in [0.25, 0.3) is 0 Å². The van der Waals surface area contributed by atoms with Gasteiger partial charge in [-0.2, -0.15) is 0 Å². The molecule has 0 fully saturated rings. The molecule has 1 aromatic rings. The Labute approximate surface area is 53.4 Å². The predicted octanol–water partition coefficient (Wildman–Crippen LogP) is 0.0783. The lowest BCUT2D eigenvalue weighted by molar-refractivity contribution is 1.03. The number of hydrogen-bond acceptors (Lipinski definition) is 2. The van der Waals surface area contributed by atoms with Crippen LogP contribution in [0, 0.1) is 6.85 Å². The number of hydrogen-bond donors (Lipinski definition) is 1. The summed E-state index contributed by atoms with van der Waals surface area (Å²) in [5.74, 6) is 0. The van der Waals surface area contributed by atoms with Crippen LogP contribution < -0.4 is 5.69 Å². The number of H-pyrrole nitrogens is 1. The first-order valence-corrected chi connectivity index (χ1v) is 1.90. The Bertz CT molecular complexity index is 381. The zero-order valence-corrected chi connectivity index (χ0v) is 3.86. The fourth-order valence-electron chi connectivity index (χ4n) is 0.301. The molecular weight excluding hydrogens is 104 g/mol. The van der Waals surface area contributed by atoms with Crippen molar-refractivity contribution in [2.75, 3.05) is 0 Å². The van der Waals surface area contributed by atoms with E-state index in [4.69, 9.17) is 6.85 Å². The molecule has 0 aliphatic rings. The van der Waals surface area contributed by atoms with Gasteiger partial charge in [0.15, 0.2) is 0 Å². The highest BCUT2D eigenvalue weighted by Crippen LogP contribution is 1.78. The monoisotopic (exact) mass is 115 g/mol. The fraction of sp³-hybridized carbons (Fsp3) is 0.200. The standard InChI is InChI=1S/C5H6N2O/c1-4-2-3-6-5(8)7-4/h2-3H,1H3,(H,6,7,8)/i1D3,2D,3D. The maximum atomic E-state index is 10.7. The van der Waals surface area contributed by atoms with Crippen LogP contribution in [0.4, 0.5) is 0 Å². The van der Waals surface area contributed by atoms with Crippen LogP contribution in [0.25, 0.3) is 0 Å². The average Bonchev–Trinajstić information content (AvgIpc) is 1.94. The van der Waals surface area contributed by atoms with Crippen molar-refractivity contribution in [1.82, 2.24) is 9.97 Å². The van der Waals surface area contributed by atoms with E-state index in [0.29, 0.717) is 0 Å². The van der Waals surface area contributed by atoms with Crippen LogP contribution in [0.5, 0.6) is 0 Å². The molecule has 0 atom stereocenters. The third kappa shape index (κ3) is 0.932. The Balaban J connectivity index is 3.46. The lowest BCUT2D eigenvalue weighted by Gasteiger charge is -1.84. The number of aromatic amines is 1. The summed E-state index contributed by atoms with van der Waals surface area (Å²) in [4.78, 5) is 15.7. The maximum absolute atomic E-state index is 10.7. The van der Waals surface area contributed by atoms with E-state index in [-0.39, 0.29) is 0 Å². The first-order valence-electron chi connectivity index (χ1n) is 4.40. The van der Waals surface area contributed by atoms with Crippen molar-refractivity contribution in [2.24, 2.45) is 0 Å². The van der Waals surface area contributed by atoms with Crippen molar-refractivity contribution in [3.63, 3.8) is 0 Å². The molecule has 8 heavy (non-hydrogen) atoms. The highest BCUT2D eigenvalue weighted by atomic mass is 16.1. The van der Waals surface area contributed by atoms with Gasteiger partial charge in [-0.25, -0.2) is 9.78 Å². The predicted molar refractivity (Wildman–Crippen MR) is 29.6 cm³/mol. The summed E-state index contributed by atoms with van der Waals surface area (Å²) < 4.78 is 35.0. The zero-order valence-electron chi connectivity index (χ0n) is 8.86. The van der Waals surface area contributed by atoms with Crippen LogP contribution in [0.1, 0.15) is 12.5 Å². The van der Waals surface area contributed by atoms with E-state index < -0.39 is 30.5 Å². The Morgan fingerprint density at radius 2 is 3.00 bits per heavy atom. The molecule has 0 aliphatic carbocycles. The first-order chi connectivity index (χ1) is 5.82. The SMILES string of the molecule is [2H]c1nc(=O)[nH]c(C([2H])([2H])[2H])c1[2H]. The average molecular weight is 115 g/mol. The molecule has 42 valence electrons. The van der Waals surface area contributed by atoms with Crippen molar-refractivity contribution >= 4 is 0 Å². The molecule has 1 heterocycles. The smallest absolute Gasteiger partial charge is 0.310 e. The molecule has 3 nitrogen and oxygen atoms in total. The van der Waals surface area contributed by atoms with Crippen molar-refractivity contribution in [3.8, 4) is 0 Å². The molecule has 0 saturated carbocycles. The summed E-state index contributed by atoms with van der Waals surface area (Å²) >= 11 is 0. The van der Waals surface area contributed by atoms with E-state index in [1.807, 2.05) is 4.98 Å². The van der Waals surface area contributed by atoms with E-state index in [0.717, 1.165) is 0 Å². The van der Waals surface area contributed by atoms with E-state index >= 15 is 0 Å². The second kappa shape index (κ2) is 1.78. The quantitative estimate of drug-likeness (QED) is 0.520. The Hall–Kier alpha value is -1.12. The van der Waals surface area contributed by atoms with Gasteiger partial charge in [0, 0.05) is 16.0 Å². The van der Waals surface area contributed by atoms with Crippen molar-refractivity contribution in [2.45, 2.75) is 6.85 Å². The van der Waals surface area contributed by atoms with Crippen LogP contribution in [-0.2, 0) is 0 Å². The lowest BCUT2D eigenvalue weighted by atomic mass is 10.5. The van der Waals surface area contributed by atoms with Crippen LogP contribution in [-0.4, -0.2) is 9.97 Å². The number of nitrogens with zero attached hydrogens (tertiary/aromatic N) is 1. The number of aromatic nitrogens is 2. The van der Waals surface area contributed by atoms with Crippen molar-refractivity contribution < 1.29 is 6.85 Å². The molecule has 3 heteroatoms. The normalized spacial score (nSPS) is 19.8. The molecule has 0 unspecified atom stereocenters. The fourth-order valence-corrected chi connectivity index (χ4v) is 0.301. The van der Waals surface area contributed by atoms with Gasteiger partial charge >= 0.3 is 5.69 Å². The molecule has 0 amide bonds. The largest absolute Gasteiger partial charge is 0.345 e. The molecule has 0 aromatic carbocycles. The molecule has 0 spiro atoms. The van der Waals surface area contributed by atoms with Gasteiger partial charge in [0.2, 0.25) is 0 Å². The second-order valence-electron chi connectivity index (χ2n) is 1.15. The summed E-state index contributed by atoms with van der Waals surface area (Å²) in [5, 5.41) is 0. The summed E-state index contributed by atoms with van der Waals surface area (Å²) in [6.07, 6.45) is -0.630. The molecule has 1 aromatic heterocycles. The van der Waals surface area contributed by atoms with Gasteiger partial charge in [-0.15, -0.1) is 0 Å². The van der Waals surface area contributed by atoms with Gasteiger partial charge < -0.3 is 4.98 Å². The van der Waals surface area contributed by atoms with Crippen molar-refractivity contribution in [1.29, 1.82) is 0 Å².